The van der Waals surface area contributed by atoms with Crippen LogP contribution in [0.15, 0.2) is 39.8 Å². The molecule has 1 fully saturated rings. The van der Waals surface area contributed by atoms with Gasteiger partial charge in [0.1, 0.15) is 0 Å². The summed E-state index contributed by atoms with van der Waals surface area (Å²) < 4.78 is 0. The lowest BCUT2D eigenvalue weighted by molar-refractivity contribution is -0.127. The zero-order valence-electron chi connectivity index (χ0n) is 11.9. The Labute approximate surface area is 123 Å². The summed E-state index contributed by atoms with van der Waals surface area (Å²) in [7, 11) is 1.92. The van der Waals surface area contributed by atoms with Crippen LogP contribution in [0.1, 0.15) is 26.7 Å². The second kappa shape index (κ2) is 4.48. The minimum Gasteiger partial charge on any atom is -0.337 e. The smallest absolute Gasteiger partial charge is 0.169 e. The largest absolute Gasteiger partial charge is 0.337 e. The van der Waals surface area contributed by atoms with Gasteiger partial charge in [0, 0.05) is 24.8 Å². The minimum atomic E-state index is -0.215. The van der Waals surface area contributed by atoms with Crippen molar-refractivity contribution in [2.24, 2.45) is 5.41 Å². The summed E-state index contributed by atoms with van der Waals surface area (Å²) in [6.07, 6.45) is 0.893. The average Bonchev–Trinajstić information content (AvgIpc) is 2.65. The van der Waals surface area contributed by atoms with E-state index in [0.29, 0.717) is 18.4 Å². The number of nitrogens with zero attached hydrogens (tertiary/aromatic N) is 1. The zero-order chi connectivity index (χ0) is 14.5. The molecular weight excluding hydrogens is 270 g/mol. The molecule has 0 aromatic heterocycles. The van der Waals surface area contributed by atoms with Gasteiger partial charge in [-0.05, 0) is 17.5 Å². The summed E-state index contributed by atoms with van der Waals surface area (Å²) in [6, 6.07) is 7.97. The number of thioether (sulfide) groups is 1. The quantitative estimate of drug-likeness (QED) is 0.541. The predicted octanol–water partition coefficient (Wildman–Crippen LogP) is 3.40. The van der Waals surface area contributed by atoms with Crippen LogP contribution in [0.3, 0.4) is 0 Å². The molecule has 0 unspecified atom stereocenters. The van der Waals surface area contributed by atoms with Gasteiger partial charge in [0.05, 0.1) is 16.3 Å². The Kier molecular flexibility index (Phi) is 3.01. The molecule has 20 heavy (non-hydrogen) atoms. The fraction of sp³-hybridized carbons (Fsp3) is 0.375. The van der Waals surface area contributed by atoms with E-state index in [1.54, 1.807) is 0 Å². The van der Waals surface area contributed by atoms with E-state index >= 15 is 0 Å². The molecule has 0 amide bonds. The fourth-order valence-electron chi connectivity index (χ4n) is 2.82. The number of hydrogen-bond donors (Lipinski definition) is 0. The Morgan fingerprint density at radius 1 is 1.10 bits per heavy atom. The number of fused-ring (bicyclic) bond motifs is 1. The Hall–Kier alpha value is -1.55. The van der Waals surface area contributed by atoms with E-state index < -0.39 is 0 Å². The van der Waals surface area contributed by atoms with E-state index in [-0.39, 0.29) is 17.0 Å². The first-order chi connectivity index (χ1) is 9.39. The molecule has 3 nitrogen and oxygen atoms in total. The molecule has 2 aliphatic rings. The molecule has 1 aliphatic heterocycles. The lowest BCUT2D eigenvalue weighted by atomic mass is 9.74. The van der Waals surface area contributed by atoms with Gasteiger partial charge in [0.2, 0.25) is 0 Å². The molecule has 1 aromatic carbocycles. The molecule has 0 atom stereocenters. The fourth-order valence-corrected chi connectivity index (χ4v) is 4.05. The van der Waals surface area contributed by atoms with Gasteiger partial charge in [0.15, 0.2) is 11.6 Å². The lowest BCUT2D eigenvalue weighted by Gasteiger charge is -2.30. The van der Waals surface area contributed by atoms with Crippen molar-refractivity contribution in [3.05, 3.63) is 34.9 Å². The Balaban J connectivity index is 2.05. The molecule has 0 radical (unpaired) electrons. The topological polar surface area (TPSA) is 37.4 Å². The Morgan fingerprint density at radius 3 is 2.30 bits per heavy atom. The number of anilines is 1. The first-order valence-electron chi connectivity index (χ1n) is 6.70. The van der Waals surface area contributed by atoms with Crippen molar-refractivity contribution in [3.8, 4) is 0 Å². The van der Waals surface area contributed by atoms with Crippen LogP contribution in [0.2, 0.25) is 0 Å². The van der Waals surface area contributed by atoms with E-state index in [4.69, 9.17) is 0 Å². The third-order valence-electron chi connectivity index (χ3n) is 3.79. The number of Topliss-reactive ketones (excluding diaryl/α,β-unsaturated/α-hetero) is 2. The van der Waals surface area contributed by atoms with Crippen LogP contribution in [0.4, 0.5) is 5.69 Å². The van der Waals surface area contributed by atoms with Crippen molar-refractivity contribution in [1.82, 2.24) is 0 Å². The van der Waals surface area contributed by atoms with Gasteiger partial charge in [-0.3, -0.25) is 9.59 Å². The maximum atomic E-state index is 12.4. The predicted molar refractivity (Wildman–Crippen MR) is 80.8 cm³/mol. The standard InChI is InChI=1S/C16H17NO2S/c1-16(2)8-11(18)14(12(19)9-16)15-17(3)10-6-4-5-7-13(10)20-15/h4-7H,8-9H2,1-3H3. The summed E-state index contributed by atoms with van der Waals surface area (Å²) in [4.78, 5) is 27.8. The van der Waals surface area contributed by atoms with Gasteiger partial charge >= 0.3 is 0 Å². The first kappa shape index (κ1) is 13.4. The summed E-state index contributed by atoms with van der Waals surface area (Å²) >= 11 is 1.52. The summed E-state index contributed by atoms with van der Waals surface area (Å²) in [5.74, 6) is -0.0400. The molecule has 104 valence electrons. The van der Waals surface area contributed by atoms with Gasteiger partial charge < -0.3 is 4.90 Å². The molecule has 3 rings (SSSR count). The van der Waals surface area contributed by atoms with Crippen LogP contribution in [0.5, 0.6) is 0 Å². The molecule has 0 bridgehead atoms. The van der Waals surface area contributed by atoms with Crippen molar-refractivity contribution >= 4 is 29.0 Å². The molecule has 0 spiro atoms. The van der Waals surface area contributed by atoms with E-state index in [9.17, 15) is 9.59 Å². The number of carbonyl (C=O) groups excluding carboxylic acids is 2. The normalized spacial score (nSPS) is 21.4. The highest BCUT2D eigenvalue weighted by Crippen LogP contribution is 2.48. The zero-order valence-corrected chi connectivity index (χ0v) is 12.7. The number of allylic oxidation sites excluding steroid dienone is 1. The molecular formula is C16H17NO2S. The third-order valence-corrected chi connectivity index (χ3v) is 5.02. The number of hydrogen-bond acceptors (Lipinski definition) is 4. The highest BCUT2D eigenvalue weighted by Gasteiger charge is 2.39. The highest BCUT2D eigenvalue weighted by molar-refractivity contribution is 8.03. The number of rotatable bonds is 0. The number of benzene rings is 1. The minimum absolute atomic E-state index is 0.0200. The number of ketones is 2. The first-order valence-corrected chi connectivity index (χ1v) is 7.52. The molecule has 0 N–H and O–H groups in total. The van der Waals surface area contributed by atoms with E-state index in [1.165, 1.54) is 11.8 Å². The summed E-state index contributed by atoms with van der Waals surface area (Å²) in [5, 5.41) is 0.789. The van der Waals surface area contributed by atoms with Crippen LogP contribution in [-0.2, 0) is 9.59 Å². The summed E-state index contributed by atoms with van der Waals surface area (Å²) in [6.45, 7) is 3.95. The third kappa shape index (κ3) is 2.08. The monoisotopic (exact) mass is 287 g/mol. The lowest BCUT2D eigenvalue weighted by Crippen LogP contribution is -2.33. The maximum Gasteiger partial charge on any atom is 0.169 e. The Morgan fingerprint density at radius 2 is 1.70 bits per heavy atom. The van der Waals surface area contributed by atoms with Crippen LogP contribution in [0.25, 0.3) is 0 Å². The summed E-state index contributed by atoms with van der Waals surface area (Å²) in [5.41, 5.74) is 1.24. The van der Waals surface area contributed by atoms with Crippen molar-refractivity contribution in [3.63, 3.8) is 0 Å². The van der Waals surface area contributed by atoms with Crippen LogP contribution >= 0.6 is 11.8 Å². The van der Waals surface area contributed by atoms with Crippen molar-refractivity contribution in [1.29, 1.82) is 0 Å². The number of para-hydroxylation sites is 1. The second-order valence-electron chi connectivity index (χ2n) is 6.17. The van der Waals surface area contributed by atoms with Crippen LogP contribution in [-0.4, -0.2) is 18.6 Å². The van der Waals surface area contributed by atoms with E-state index in [2.05, 4.69) is 0 Å². The van der Waals surface area contributed by atoms with Crippen LogP contribution < -0.4 is 4.90 Å². The van der Waals surface area contributed by atoms with Crippen molar-refractivity contribution in [2.75, 3.05) is 11.9 Å². The van der Waals surface area contributed by atoms with E-state index in [1.807, 2.05) is 50.1 Å². The van der Waals surface area contributed by atoms with Gasteiger partial charge in [0.25, 0.3) is 0 Å². The SMILES string of the molecule is CN1C(=C2C(=O)CC(C)(C)CC2=O)Sc2ccccc21. The van der Waals surface area contributed by atoms with E-state index in [0.717, 1.165) is 15.6 Å². The van der Waals surface area contributed by atoms with Gasteiger partial charge in [-0.25, -0.2) is 0 Å². The molecule has 4 heteroatoms. The molecule has 1 saturated carbocycles. The highest BCUT2D eigenvalue weighted by atomic mass is 32.2. The molecule has 1 heterocycles. The van der Waals surface area contributed by atoms with Gasteiger partial charge in [-0.2, -0.15) is 0 Å². The van der Waals surface area contributed by atoms with Crippen LogP contribution in [0, 0.1) is 5.41 Å². The van der Waals surface area contributed by atoms with Crippen molar-refractivity contribution in [2.45, 2.75) is 31.6 Å². The molecule has 1 aromatic rings. The molecule has 1 aliphatic carbocycles. The van der Waals surface area contributed by atoms with Gasteiger partial charge in [-0.1, -0.05) is 37.7 Å². The van der Waals surface area contributed by atoms with Gasteiger partial charge in [-0.15, -0.1) is 0 Å². The average molecular weight is 287 g/mol. The Bertz CT molecular complexity index is 624. The second-order valence-corrected chi connectivity index (χ2v) is 7.20. The number of carbonyl (C=O) groups is 2. The maximum absolute atomic E-state index is 12.4. The van der Waals surface area contributed by atoms with Crippen molar-refractivity contribution < 1.29 is 9.59 Å². The molecule has 0 saturated heterocycles.